The molecule has 154 valence electrons. The van der Waals surface area contributed by atoms with Gasteiger partial charge in [0, 0.05) is 37.1 Å². The van der Waals surface area contributed by atoms with E-state index in [1.54, 1.807) is 0 Å². The number of piperidine rings is 3. The van der Waals surface area contributed by atoms with Crippen LogP contribution in [0.15, 0.2) is 6.07 Å². The molecule has 3 fully saturated rings. The van der Waals surface area contributed by atoms with Crippen molar-refractivity contribution in [2.24, 2.45) is 11.8 Å². The topological polar surface area (TPSA) is 61.4 Å². The summed E-state index contributed by atoms with van der Waals surface area (Å²) in [7, 11) is 0. The summed E-state index contributed by atoms with van der Waals surface area (Å²) in [6, 6.07) is 2.69. The van der Waals surface area contributed by atoms with Crippen molar-refractivity contribution in [1.82, 2.24) is 20.2 Å². The number of hydrogen-bond donors (Lipinski definition) is 1. The third kappa shape index (κ3) is 4.48. The molecule has 6 nitrogen and oxygen atoms in total. The summed E-state index contributed by atoms with van der Waals surface area (Å²) in [5, 5.41) is 3.32. The summed E-state index contributed by atoms with van der Waals surface area (Å²) in [4.78, 5) is 27.0. The van der Waals surface area contributed by atoms with Crippen molar-refractivity contribution in [3.63, 3.8) is 0 Å². The molecular formula is C22H35N5O. The van der Waals surface area contributed by atoms with Gasteiger partial charge in [-0.2, -0.15) is 0 Å². The summed E-state index contributed by atoms with van der Waals surface area (Å²) >= 11 is 0. The number of carbonyl (C=O) groups is 1. The van der Waals surface area contributed by atoms with Crippen molar-refractivity contribution >= 4 is 11.9 Å². The van der Waals surface area contributed by atoms with E-state index in [9.17, 15) is 4.79 Å². The van der Waals surface area contributed by atoms with Crippen LogP contribution < -0.4 is 10.2 Å². The van der Waals surface area contributed by atoms with Gasteiger partial charge in [0.25, 0.3) is 0 Å². The Bertz CT molecular complexity index is 671. The minimum atomic E-state index is 0.0456. The number of nitrogens with one attached hydrogen (secondary N) is 1. The molecule has 1 N–H and O–H groups in total. The van der Waals surface area contributed by atoms with Crippen LogP contribution in [0.3, 0.4) is 0 Å². The molecule has 0 aromatic carbocycles. The molecule has 0 saturated carbocycles. The number of nitrogens with zero attached hydrogens (tertiary/aromatic N) is 4. The highest BCUT2D eigenvalue weighted by atomic mass is 16.1. The van der Waals surface area contributed by atoms with E-state index in [2.05, 4.69) is 25.1 Å². The molecule has 4 rings (SSSR count). The van der Waals surface area contributed by atoms with Gasteiger partial charge in [0.05, 0.1) is 5.92 Å². The molecule has 28 heavy (non-hydrogen) atoms. The molecule has 0 unspecified atom stereocenters. The van der Waals surface area contributed by atoms with Crippen LogP contribution in [0.5, 0.6) is 0 Å². The number of aromatic nitrogens is 2. The first-order chi connectivity index (χ1) is 13.6. The second-order valence-corrected chi connectivity index (χ2v) is 8.98. The molecule has 6 heteroatoms. The van der Waals surface area contributed by atoms with E-state index in [-0.39, 0.29) is 11.8 Å². The standard InChI is InChI=1S/C22H35N5O/c1-16-13-17(2)25-22(24-16)27-12-6-8-19(15-27)21(28)23-14-18-7-5-11-26-10-4-3-9-20(18)26/h13,18-20H,3-12,14-15H2,1-2H3,(H,23,28)/t18-,19+,20-/m1/s1. The van der Waals surface area contributed by atoms with Gasteiger partial charge < -0.3 is 15.1 Å². The molecular weight excluding hydrogens is 350 g/mol. The Kier molecular flexibility index (Phi) is 6.14. The average molecular weight is 386 g/mol. The minimum absolute atomic E-state index is 0.0456. The quantitative estimate of drug-likeness (QED) is 0.863. The number of carbonyl (C=O) groups excluding carboxylic acids is 1. The van der Waals surface area contributed by atoms with Crippen LogP contribution in [0.4, 0.5) is 5.95 Å². The molecule has 3 atom stereocenters. The molecule has 4 heterocycles. The number of aryl methyl sites for hydroxylation is 2. The van der Waals surface area contributed by atoms with Crippen molar-refractivity contribution in [1.29, 1.82) is 0 Å². The fourth-order valence-electron chi connectivity index (χ4n) is 5.41. The summed E-state index contributed by atoms with van der Waals surface area (Å²) in [6.45, 7) is 9.03. The van der Waals surface area contributed by atoms with Crippen LogP contribution in [0.1, 0.15) is 56.3 Å². The van der Waals surface area contributed by atoms with Crippen LogP contribution in [0.2, 0.25) is 0 Å². The van der Waals surface area contributed by atoms with E-state index < -0.39 is 0 Å². The maximum absolute atomic E-state index is 12.9. The molecule has 3 aliphatic heterocycles. The zero-order chi connectivity index (χ0) is 19.5. The van der Waals surface area contributed by atoms with Crippen molar-refractivity contribution < 1.29 is 4.79 Å². The van der Waals surface area contributed by atoms with Gasteiger partial charge in [-0.1, -0.05) is 6.42 Å². The first-order valence-corrected chi connectivity index (χ1v) is 11.2. The van der Waals surface area contributed by atoms with Crippen LogP contribution in [-0.4, -0.2) is 59.5 Å². The lowest BCUT2D eigenvalue weighted by Gasteiger charge is -2.44. The second-order valence-electron chi connectivity index (χ2n) is 8.98. The van der Waals surface area contributed by atoms with Crippen molar-refractivity contribution in [2.45, 2.75) is 64.8 Å². The highest BCUT2D eigenvalue weighted by Gasteiger charge is 2.34. The zero-order valence-corrected chi connectivity index (χ0v) is 17.5. The van der Waals surface area contributed by atoms with Crippen molar-refractivity contribution in [2.75, 3.05) is 37.6 Å². The van der Waals surface area contributed by atoms with Gasteiger partial charge in [-0.25, -0.2) is 9.97 Å². The van der Waals surface area contributed by atoms with Gasteiger partial charge in [-0.15, -0.1) is 0 Å². The van der Waals surface area contributed by atoms with Gasteiger partial charge in [-0.05, 0) is 77.4 Å². The predicted octanol–water partition coefficient (Wildman–Crippen LogP) is 2.69. The lowest BCUT2D eigenvalue weighted by molar-refractivity contribution is -0.125. The third-order valence-electron chi connectivity index (χ3n) is 6.81. The molecule has 0 spiro atoms. The van der Waals surface area contributed by atoms with Gasteiger partial charge in [-0.3, -0.25) is 4.79 Å². The smallest absolute Gasteiger partial charge is 0.225 e. The molecule has 3 saturated heterocycles. The Morgan fingerprint density at radius 2 is 1.79 bits per heavy atom. The van der Waals surface area contributed by atoms with Gasteiger partial charge in [0.1, 0.15) is 0 Å². The van der Waals surface area contributed by atoms with Crippen molar-refractivity contribution in [3.05, 3.63) is 17.5 Å². The fourth-order valence-corrected chi connectivity index (χ4v) is 5.41. The molecule has 3 aliphatic rings. The lowest BCUT2D eigenvalue weighted by Crippen LogP contribution is -2.52. The van der Waals surface area contributed by atoms with Crippen LogP contribution >= 0.6 is 0 Å². The Hall–Kier alpha value is -1.69. The van der Waals surface area contributed by atoms with E-state index in [1.165, 1.54) is 45.2 Å². The highest BCUT2D eigenvalue weighted by Crippen LogP contribution is 2.30. The number of amides is 1. The van der Waals surface area contributed by atoms with E-state index in [0.717, 1.165) is 49.8 Å². The normalized spacial score (nSPS) is 28.6. The largest absolute Gasteiger partial charge is 0.355 e. The van der Waals surface area contributed by atoms with Crippen LogP contribution in [-0.2, 0) is 4.79 Å². The predicted molar refractivity (Wildman–Crippen MR) is 111 cm³/mol. The molecule has 0 radical (unpaired) electrons. The highest BCUT2D eigenvalue weighted by molar-refractivity contribution is 5.79. The zero-order valence-electron chi connectivity index (χ0n) is 17.5. The van der Waals surface area contributed by atoms with Crippen LogP contribution in [0, 0.1) is 25.7 Å². The fraction of sp³-hybridized carbons (Fsp3) is 0.773. The van der Waals surface area contributed by atoms with E-state index >= 15 is 0 Å². The Labute approximate surface area is 169 Å². The van der Waals surface area contributed by atoms with E-state index in [1.807, 2.05) is 19.9 Å². The van der Waals surface area contributed by atoms with Gasteiger partial charge >= 0.3 is 0 Å². The first kappa shape index (κ1) is 19.6. The number of rotatable bonds is 4. The average Bonchev–Trinajstić information content (AvgIpc) is 2.71. The Balaban J connectivity index is 1.33. The summed E-state index contributed by atoms with van der Waals surface area (Å²) in [5.41, 5.74) is 1.98. The third-order valence-corrected chi connectivity index (χ3v) is 6.81. The van der Waals surface area contributed by atoms with Gasteiger partial charge in [0.15, 0.2) is 0 Å². The SMILES string of the molecule is Cc1cc(C)nc(N2CCC[C@H](C(=O)NC[C@H]3CCCN4CCCC[C@H]34)C2)n1. The summed E-state index contributed by atoms with van der Waals surface area (Å²) < 4.78 is 0. The van der Waals surface area contributed by atoms with Crippen molar-refractivity contribution in [3.8, 4) is 0 Å². The number of hydrogen-bond acceptors (Lipinski definition) is 5. The summed E-state index contributed by atoms with van der Waals surface area (Å²) in [6.07, 6.45) is 8.52. The minimum Gasteiger partial charge on any atom is -0.355 e. The number of fused-ring (bicyclic) bond motifs is 1. The molecule has 1 amide bonds. The molecule has 0 bridgehead atoms. The van der Waals surface area contributed by atoms with E-state index in [4.69, 9.17) is 0 Å². The monoisotopic (exact) mass is 385 g/mol. The number of anilines is 1. The second kappa shape index (κ2) is 8.76. The maximum Gasteiger partial charge on any atom is 0.225 e. The first-order valence-electron chi connectivity index (χ1n) is 11.2. The maximum atomic E-state index is 12.9. The van der Waals surface area contributed by atoms with Crippen LogP contribution in [0.25, 0.3) is 0 Å². The molecule has 0 aliphatic carbocycles. The van der Waals surface area contributed by atoms with E-state index in [0.29, 0.717) is 12.0 Å². The molecule has 1 aromatic heterocycles. The Morgan fingerprint density at radius 3 is 2.61 bits per heavy atom. The van der Waals surface area contributed by atoms with Gasteiger partial charge in [0.2, 0.25) is 11.9 Å². The Morgan fingerprint density at radius 1 is 1.04 bits per heavy atom. The molecule has 1 aromatic rings. The summed E-state index contributed by atoms with van der Waals surface area (Å²) in [5.74, 6) is 1.67. The lowest BCUT2D eigenvalue weighted by atomic mass is 9.83.